The molecule has 112 valence electrons. The zero-order chi connectivity index (χ0) is 14.2. The van der Waals surface area contributed by atoms with Crippen LogP contribution in [0, 0.1) is 0 Å². The number of fused-ring (bicyclic) bond motifs is 1. The second kappa shape index (κ2) is 5.44. The Bertz CT molecular complexity index is 571. The maximum absolute atomic E-state index is 12.7. The lowest BCUT2D eigenvalue weighted by Gasteiger charge is -2.38. The monoisotopic (exact) mass is 300 g/mol. The molecule has 0 saturated carbocycles. The van der Waals surface area contributed by atoms with E-state index in [1.807, 2.05) is 10.8 Å². The summed E-state index contributed by atoms with van der Waals surface area (Å²) in [5.74, 6) is 0.775. The van der Waals surface area contributed by atoms with Crippen LogP contribution in [0.1, 0.15) is 25.1 Å². The molecule has 1 aromatic heterocycles. The molecule has 0 aliphatic carbocycles. The third kappa shape index (κ3) is 2.37. The van der Waals surface area contributed by atoms with E-state index in [4.69, 9.17) is 0 Å². The highest BCUT2D eigenvalue weighted by molar-refractivity contribution is 7.86. The van der Waals surface area contributed by atoms with Gasteiger partial charge in [0.25, 0.3) is 10.2 Å². The summed E-state index contributed by atoms with van der Waals surface area (Å²) in [5.41, 5.74) is 0. The molecule has 0 spiro atoms. The third-order valence-electron chi connectivity index (χ3n) is 4.12. The summed E-state index contributed by atoms with van der Waals surface area (Å²) < 4.78 is 30.4. The standard InChI is InChI=1S/C12H20N4O3S/c17-10-11-3-1-2-5-16(11)20(18,19)15-8-7-14-6-4-13-12(14)9-15/h4,6,11,17H,1-3,5,7-10H2. The molecule has 1 aromatic rings. The molecule has 0 radical (unpaired) electrons. The van der Waals surface area contributed by atoms with Gasteiger partial charge in [-0.3, -0.25) is 0 Å². The lowest BCUT2D eigenvalue weighted by atomic mass is 10.1. The Morgan fingerprint density at radius 1 is 1.30 bits per heavy atom. The van der Waals surface area contributed by atoms with Crippen LogP contribution in [0.4, 0.5) is 0 Å². The molecule has 0 bridgehead atoms. The molecule has 1 atom stereocenters. The Hall–Kier alpha value is -0.960. The van der Waals surface area contributed by atoms with E-state index in [1.165, 1.54) is 8.61 Å². The Balaban J connectivity index is 1.81. The molecule has 8 heteroatoms. The summed E-state index contributed by atoms with van der Waals surface area (Å²) in [6.07, 6.45) is 6.14. The van der Waals surface area contributed by atoms with E-state index in [0.29, 0.717) is 26.2 Å². The van der Waals surface area contributed by atoms with E-state index in [9.17, 15) is 13.5 Å². The molecular weight excluding hydrogens is 280 g/mol. The Morgan fingerprint density at radius 2 is 2.15 bits per heavy atom. The number of piperidine rings is 1. The second-order valence-corrected chi connectivity index (χ2v) is 7.20. The summed E-state index contributed by atoms with van der Waals surface area (Å²) in [7, 11) is -3.51. The number of hydrogen-bond acceptors (Lipinski definition) is 4. The molecule has 1 fully saturated rings. The van der Waals surface area contributed by atoms with Crippen LogP contribution in [0.2, 0.25) is 0 Å². The van der Waals surface area contributed by atoms with Gasteiger partial charge in [-0.05, 0) is 12.8 Å². The minimum atomic E-state index is -3.51. The first-order valence-corrected chi connectivity index (χ1v) is 8.40. The minimum absolute atomic E-state index is 0.109. The highest BCUT2D eigenvalue weighted by Crippen LogP contribution is 2.24. The van der Waals surface area contributed by atoms with Gasteiger partial charge in [0.2, 0.25) is 0 Å². The molecule has 0 amide bonds. The van der Waals surface area contributed by atoms with E-state index in [2.05, 4.69) is 4.98 Å². The van der Waals surface area contributed by atoms with Gasteiger partial charge in [-0.15, -0.1) is 0 Å². The van der Waals surface area contributed by atoms with Crippen LogP contribution in [-0.2, 0) is 23.3 Å². The molecule has 1 unspecified atom stereocenters. The number of rotatable bonds is 3. The predicted octanol–water partition coefficient (Wildman–Crippen LogP) is -0.210. The normalized spacial score (nSPS) is 25.6. The number of imidazole rings is 1. The van der Waals surface area contributed by atoms with E-state index >= 15 is 0 Å². The maximum Gasteiger partial charge on any atom is 0.282 e. The Labute approximate surface area is 119 Å². The van der Waals surface area contributed by atoms with Gasteiger partial charge in [0.05, 0.1) is 13.2 Å². The Morgan fingerprint density at radius 3 is 2.95 bits per heavy atom. The van der Waals surface area contributed by atoms with Gasteiger partial charge in [0.1, 0.15) is 5.82 Å². The second-order valence-electron chi connectivity index (χ2n) is 5.32. The molecule has 0 aromatic carbocycles. The molecule has 3 heterocycles. The van der Waals surface area contributed by atoms with Crippen LogP contribution >= 0.6 is 0 Å². The fraction of sp³-hybridized carbons (Fsp3) is 0.750. The lowest BCUT2D eigenvalue weighted by molar-refractivity contribution is 0.145. The maximum atomic E-state index is 12.7. The van der Waals surface area contributed by atoms with Crippen molar-refractivity contribution in [1.29, 1.82) is 0 Å². The summed E-state index contributed by atoms with van der Waals surface area (Å²) in [5, 5.41) is 9.41. The Kier molecular flexibility index (Phi) is 3.80. The molecular formula is C12H20N4O3S. The highest BCUT2D eigenvalue weighted by Gasteiger charge is 2.37. The fourth-order valence-electron chi connectivity index (χ4n) is 2.96. The van der Waals surface area contributed by atoms with E-state index in [-0.39, 0.29) is 12.6 Å². The van der Waals surface area contributed by atoms with Gasteiger partial charge >= 0.3 is 0 Å². The van der Waals surface area contributed by atoms with Crippen molar-refractivity contribution in [2.45, 2.75) is 38.4 Å². The average Bonchev–Trinajstić information content (AvgIpc) is 2.94. The van der Waals surface area contributed by atoms with Crippen molar-refractivity contribution >= 4 is 10.2 Å². The average molecular weight is 300 g/mol. The van der Waals surface area contributed by atoms with Crippen LogP contribution in [-0.4, -0.2) is 57.4 Å². The van der Waals surface area contributed by atoms with Crippen molar-refractivity contribution in [3.63, 3.8) is 0 Å². The minimum Gasteiger partial charge on any atom is -0.395 e. The first-order valence-electron chi connectivity index (χ1n) is 7.00. The van der Waals surface area contributed by atoms with Gasteiger partial charge in [-0.1, -0.05) is 6.42 Å². The zero-order valence-electron chi connectivity index (χ0n) is 11.3. The summed E-state index contributed by atoms with van der Waals surface area (Å²) in [6.45, 7) is 1.79. The number of nitrogens with zero attached hydrogens (tertiary/aromatic N) is 4. The van der Waals surface area contributed by atoms with Crippen LogP contribution in [0.5, 0.6) is 0 Å². The van der Waals surface area contributed by atoms with Gasteiger partial charge in [-0.25, -0.2) is 4.98 Å². The largest absolute Gasteiger partial charge is 0.395 e. The van der Waals surface area contributed by atoms with Crippen molar-refractivity contribution in [3.05, 3.63) is 18.2 Å². The van der Waals surface area contributed by atoms with Gasteiger partial charge in [-0.2, -0.15) is 17.0 Å². The number of hydrogen-bond donors (Lipinski definition) is 1. The summed E-state index contributed by atoms with van der Waals surface area (Å²) >= 11 is 0. The summed E-state index contributed by atoms with van der Waals surface area (Å²) in [4.78, 5) is 4.19. The summed E-state index contributed by atoms with van der Waals surface area (Å²) in [6, 6.07) is -0.282. The highest BCUT2D eigenvalue weighted by atomic mass is 32.2. The van der Waals surface area contributed by atoms with Crippen molar-refractivity contribution < 1.29 is 13.5 Å². The van der Waals surface area contributed by atoms with Crippen molar-refractivity contribution in [2.24, 2.45) is 0 Å². The molecule has 7 nitrogen and oxygen atoms in total. The smallest absolute Gasteiger partial charge is 0.282 e. The van der Waals surface area contributed by atoms with Crippen LogP contribution < -0.4 is 0 Å². The number of aromatic nitrogens is 2. The quantitative estimate of drug-likeness (QED) is 0.838. The number of aliphatic hydroxyl groups is 1. The zero-order valence-corrected chi connectivity index (χ0v) is 12.2. The first kappa shape index (κ1) is 14.0. The molecule has 20 heavy (non-hydrogen) atoms. The molecule has 3 rings (SSSR count). The lowest BCUT2D eigenvalue weighted by Crippen LogP contribution is -2.53. The fourth-order valence-corrected chi connectivity index (χ4v) is 4.75. The van der Waals surface area contributed by atoms with Crippen molar-refractivity contribution in [2.75, 3.05) is 19.7 Å². The van der Waals surface area contributed by atoms with E-state index < -0.39 is 10.2 Å². The van der Waals surface area contributed by atoms with Gasteiger partial charge in [0, 0.05) is 38.1 Å². The molecule has 1 N–H and O–H groups in total. The topological polar surface area (TPSA) is 78.7 Å². The first-order chi connectivity index (χ1) is 9.63. The molecule has 1 saturated heterocycles. The molecule has 2 aliphatic rings. The SMILES string of the molecule is O=S(=O)(N1CCn2ccnc2C1)N1CCCCC1CO. The third-order valence-corrected chi connectivity index (χ3v) is 6.15. The van der Waals surface area contributed by atoms with Crippen LogP contribution in [0.15, 0.2) is 12.4 Å². The van der Waals surface area contributed by atoms with Gasteiger partial charge < -0.3 is 9.67 Å². The van der Waals surface area contributed by atoms with Crippen molar-refractivity contribution in [1.82, 2.24) is 18.2 Å². The van der Waals surface area contributed by atoms with E-state index in [0.717, 1.165) is 25.1 Å². The molecule has 2 aliphatic heterocycles. The van der Waals surface area contributed by atoms with Gasteiger partial charge in [0.15, 0.2) is 0 Å². The van der Waals surface area contributed by atoms with Crippen LogP contribution in [0.25, 0.3) is 0 Å². The van der Waals surface area contributed by atoms with Crippen LogP contribution in [0.3, 0.4) is 0 Å². The number of aliphatic hydroxyl groups excluding tert-OH is 1. The predicted molar refractivity (Wildman–Crippen MR) is 73.0 cm³/mol. The van der Waals surface area contributed by atoms with E-state index in [1.54, 1.807) is 6.20 Å². The van der Waals surface area contributed by atoms with Crippen molar-refractivity contribution in [3.8, 4) is 0 Å².